The van der Waals surface area contributed by atoms with Gasteiger partial charge in [-0.05, 0) is 40.8 Å². The Bertz CT molecular complexity index is 1010. The van der Waals surface area contributed by atoms with Crippen LogP contribution < -0.4 is 14.8 Å². The van der Waals surface area contributed by atoms with Gasteiger partial charge in [0.15, 0.2) is 0 Å². The molecule has 0 aliphatic rings. The Hall–Kier alpha value is -2.98. The summed E-state index contributed by atoms with van der Waals surface area (Å²) in [6.07, 6.45) is 0. The van der Waals surface area contributed by atoms with E-state index in [4.69, 9.17) is 21.1 Å². The molecule has 3 rings (SSSR count). The van der Waals surface area contributed by atoms with Crippen LogP contribution in [0.15, 0.2) is 72.8 Å². The summed E-state index contributed by atoms with van der Waals surface area (Å²) in [6, 6.07) is 22.8. The van der Waals surface area contributed by atoms with Crippen molar-refractivity contribution in [1.29, 1.82) is 0 Å². The van der Waals surface area contributed by atoms with E-state index in [-0.39, 0.29) is 11.3 Å². The Morgan fingerprint density at radius 1 is 0.903 bits per heavy atom. The summed E-state index contributed by atoms with van der Waals surface area (Å²) in [5.41, 5.74) is 2.53. The highest BCUT2D eigenvalue weighted by atomic mass is 35.5. The molecule has 1 amide bonds. The number of ether oxygens (including phenoxy) is 2. The molecule has 3 aromatic carbocycles. The lowest BCUT2D eigenvalue weighted by Crippen LogP contribution is -2.29. The highest BCUT2D eigenvalue weighted by Crippen LogP contribution is 2.30. The molecule has 5 heteroatoms. The molecule has 0 aliphatic heterocycles. The molecular formula is C26H28ClNO3. The van der Waals surface area contributed by atoms with Crippen LogP contribution in [0.4, 0.5) is 0 Å². The zero-order chi connectivity index (χ0) is 22.3. The minimum absolute atomic E-state index is 0.0222. The van der Waals surface area contributed by atoms with E-state index >= 15 is 0 Å². The number of amides is 1. The molecule has 0 radical (unpaired) electrons. The normalized spacial score (nSPS) is 11.1. The molecule has 0 bridgehead atoms. The number of hydrogen-bond donors (Lipinski definition) is 1. The van der Waals surface area contributed by atoms with Gasteiger partial charge in [-0.3, -0.25) is 4.79 Å². The number of rotatable bonds is 8. The van der Waals surface area contributed by atoms with E-state index in [2.05, 4.69) is 32.2 Å². The highest BCUT2D eigenvalue weighted by molar-refractivity contribution is 6.31. The lowest BCUT2D eigenvalue weighted by atomic mass is 9.86. The standard InChI is InChI=1S/C26H28ClNO3/c1-26(2,3)22-11-7-8-12-24(22)30-16-15-28-25(29)21-17-20(27)13-14-23(21)31-18-19-9-5-4-6-10-19/h4-14,17H,15-16,18H2,1-3H3,(H,28,29). The average Bonchev–Trinajstić information content (AvgIpc) is 2.76. The Balaban J connectivity index is 1.59. The number of halogens is 1. The quantitative estimate of drug-likeness (QED) is 0.438. The SMILES string of the molecule is CC(C)(C)c1ccccc1OCCNC(=O)c1cc(Cl)ccc1OCc1ccccc1. The van der Waals surface area contributed by atoms with E-state index in [0.29, 0.717) is 36.1 Å². The van der Waals surface area contributed by atoms with Crippen LogP contribution in [-0.2, 0) is 12.0 Å². The van der Waals surface area contributed by atoms with Gasteiger partial charge in [0.1, 0.15) is 24.7 Å². The van der Waals surface area contributed by atoms with Gasteiger partial charge in [-0.1, -0.05) is 80.9 Å². The van der Waals surface area contributed by atoms with E-state index in [1.807, 2.05) is 48.5 Å². The summed E-state index contributed by atoms with van der Waals surface area (Å²) in [6.45, 7) is 7.53. The molecular weight excluding hydrogens is 410 g/mol. The van der Waals surface area contributed by atoms with E-state index in [1.54, 1.807) is 18.2 Å². The minimum Gasteiger partial charge on any atom is -0.491 e. The van der Waals surface area contributed by atoms with Crippen molar-refractivity contribution < 1.29 is 14.3 Å². The van der Waals surface area contributed by atoms with Crippen LogP contribution in [0.3, 0.4) is 0 Å². The molecule has 0 aliphatic carbocycles. The molecule has 3 aromatic rings. The van der Waals surface area contributed by atoms with Gasteiger partial charge in [0.05, 0.1) is 12.1 Å². The fourth-order valence-electron chi connectivity index (χ4n) is 3.17. The van der Waals surface area contributed by atoms with Gasteiger partial charge in [-0.25, -0.2) is 0 Å². The number of hydrogen-bond acceptors (Lipinski definition) is 3. The Morgan fingerprint density at radius 2 is 1.61 bits per heavy atom. The first-order valence-electron chi connectivity index (χ1n) is 10.3. The van der Waals surface area contributed by atoms with Gasteiger partial charge in [0.25, 0.3) is 5.91 Å². The van der Waals surface area contributed by atoms with Gasteiger partial charge in [0.2, 0.25) is 0 Å². The van der Waals surface area contributed by atoms with Crippen molar-refractivity contribution in [3.8, 4) is 11.5 Å². The number of para-hydroxylation sites is 1. The third kappa shape index (κ3) is 6.50. The number of carbonyl (C=O) groups excluding carboxylic acids is 1. The molecule has 0 atom stereocenters. The predicted octanol–water partition coefficient (Wildman–Crippen LogP) is 6.03. The van der Waals surface area contributed by atoms with Crippen molar-refractivity contribution in [3.05, 3.63) is 94.5 Å². The molecule has 0 unspecified atom stereocenters. The van der Waals surface area contributed by atoms with Crippen molar-refractivity contribution in [2.45, 2.75) is 32.8 Å². The third-order valence-corrected chi connectivity index (χ3v) is 5.00. The van der Waals surface area contributed by atoms with Crippen LogP contribution in [-0.4, -0.2) is 19.1 Å². The minimum atomic E-state index is -0.252. The molecule has 0 saturated heterocycles. The van der Waals surface area contributed by atoms with Crippen LogP contribution in [0.5, 0.6) is 11.5 Å². The predicted molar refractivity (Wildman–Crippen MR) is 125 cm³/mol. The van der Waals surface area contributed by atoms with Gasteiger partial charge in [-0.15, -0.1) is 0 Å². The van der Waals surface area contributed by atoms with Crippen molar-refractivity contribution >= 4 is 17.5 Å². The van der Waals surface area contributed by atoms with Gasteiger partial charge in [0, 0.05) is 5.02 Å². The first-order chi connectivity index (χ1) is 14.8. The molecule has 31 heavy (non-hydrogen) atoms. The van der Waals surface area contributed by atoms with Crippen LogP contribution in [0.1, 0.15) is 42.3 Å². The maximum atomic E-state index is 12.8. The number of nitrogens with one attached hydrogen (secondary N) is 1. The molecule has 1 N–H and O–H groups in total. The maximum Gasteiger partial charge on any atom is 0.255 e. The molecule has 0 spiro atoms. The topological polar surface area (TPSA) is 47.6 Å². The Labute approximate surface area is 189 Å². The summed E-state index contributed by atoms with van der Waals surface area (Å²) in [5.74, 6) is 1.07. The fraction of sp³-hybridized carbons (Fsp3) is 0.269. The Kier molecular flexibility index (Phi) is 7.59. The summed E-state index contributed by atoms with van der Waals surface area (Å²) < 4.78 is 11.8. The van der Waals surface area contributed by atoms with Crippen molar-refractivity contribution in [3.63, 3.8) is 0 Å². The van der Waals surface area contributed by atoms with E-state index < -0.39 is 0 Å². The largest absolute Gasteiger partial charge is 0.491 e. The summed E-state index contributed by atoms with van der Waals surface area (Å²) in [4.78, 5) is 12.8. The molecule has 0 heterocycles. The average molecular weight is 438 g/mol. The van der Waals surface area contributed by atoms with Crippen LogP contribution in [0.25, 0.3) is 0 Å². The molecule has 0 saturated carbocycles. The first-order valence-corrected chi connectivity index (χ1v) is 10.7. The second-order valence-electron chi connectivity index (χ2n) is 8.27. The van der Waals surface area contributed by atoms with Gasteiger partial charge < -0.3 is 14.8 Å². The van der Waals surface area contributed by atoms with E-state index in [9.17, 15) is 4.79 Å². The first kappa shape index (κ1) is 22.7. The van der Waals surface area contributed by atoms with Crippen LogP contribution in [0.2, 0.25) is 5.02 Å². The zero-order valence-corrected chi connectivity index (χ0v) is 18.9. The highest BCUT2D eigenvalue weighted by Gasteiger charge is 2.18. The number of carbonyl (C=O) groups is 1. The summed E-state index contributed by atoms with van der Waals surface area (Å²) in [7, 11) is 0. The zero-order valence-electron chi connectivity index (χ0n) is 18.2. The van der Waals surface area contributed by atoms with Crippen LogP contribution in [0, 0.1) is 0 Å². The molecule has 162 valence electrons. The summed E-state index contributed by atoms with van der Waals surface area (Å²) >= 11 is 6.12. The molecule has 0 fully saturated rings. The summed E-state index contributed by atoms with van der Waals surface area (Å²) in [5, 5.41) is 3.37. The third-order valence-electron chi connectivity index (χ3n) is 4.76. The smallest absolute Gasteiger partial charge is 0.255 e. The van der Waals surface area contributed by atoms with Crippen LogP contribution >= 0.6 is 11.6 Å². The van der Waals surface area contributed by atoms with E-state index in [1.165, 1.54) is 0 Å². The molecule has 4 nitrogen and oxygen atoms in total. The monoisotopic (exact) mass is 437 g/mol. The van der Waals surface area contributed by atoms with Crippen molar-refractivity contribution in [2.24, 2.45) is 0 Å². The Morgan fingerprint density at radius 3 is 2.35 bits per heavy atom. The molecule has 0 aromatic heterocycles. The van der Waals surface area contributed by atoms with Crippen molar-refractivity contribution in [2.75, 3.05) is 13.2 Å². The lowest BCUT2D eigenvalue weighted by molar-refractivity contribution is 0.0942. The fourth-order valence-corrected chi connectivity index (χ4v) is 3.35. The van der Waals surface area contributed by atoms with Gasteiger partial charge in [-0.2, -0.15) is 0 Å². The number of benzene rings is 3. The van der Waals surface area contributed by atoms with Crippen molar-refractivity contribution in [1.82, 2.24) is 5.32 Å². The second kappa shape index (κ2) is 10.4. The maximum absolute atomic E-state index is 12.8. The van der Waals surface area contributed by atoms with E-state index in [0.717, 1.165) is 16.9 Å². The van der Waals surface area contributed by atoms with Gasteiger partial charge >= 0.3 is 0 Å². The lowest BCUT2D eigenvalue weighted by Gasteiger charge is -2.22. The second-order valence-corrected chi connectivity index (χ2v) is 8.70.